The molecular formula is C31H47O3P. The molecule has 0 radical (unpaired) electrons. The van der Waals surface area contributed by atoms with E-state index in [2.05, 4.69) is 89.2 Å². The molecule has 0 aromatic heterocycles. The fourth-order valence-corrected chi connectivity index (χ4v) is 7.02. The minimum Gasteiger partial charge on any atom is -0.324 e. The fourth-order valence-electron chi connectivity index (χ4n) is 6.47. The summed E-state index contributed by atoms with van der Waals surface area (Å²) in [6.45, 7) is 15.2. The van der Waals surface area contributed by atoms with E-state index in [1.54, 1.807) is 13.8 Å². The Hall–Kier alpha value is -1.41. The lowest BCUT2D eigenvalue weighted by atomic mass is 9.62. The maximum absolute atomic E-state index is 12.3. The third-order valence-electron chi connectivity index (χ3n) is 9.27. The Balaban J connectivity index is 1.94. The maximum atomic E-state index is 12.3. The number of hydrogen-bond donors (Lipinski definition) is 2. The van der Waals surface area contributed by atoms with E-state index < -0.39 is 12.8 Å². The lowest BCUT2D eigenvalue weighted by Gasteiger charge is -2.45. The standard InChI is InChI=1S/C31H47O3P/c1-8-23(2)29(3,4)21-26(24-14-10-9-11-15-24)20-25-18-19-31(7,22-30(5,6)35(32,33)34)28-17-13-12-16-27(25)28/h9-17,23,25-26H,8,18-22H2,1-7H3,(H2,32,33,34). The third-order valence-corrected chi connectivity index (χ3v) is 11.0. The summed E-state index contributed by atoms with van der Waals surface area (Å²) in [6.07, 6.45) is 5.95. The summed E-state index contributed by atoms with van der Waals surface area (Å²) in [5.41, 5.74) is 4.11. The molecule has 0 aliphatic heterocycles. The van der Waals surface area contributed by atoms with Gasteiger partial charge in [0.05, 0.1) is 5.16 Å². The van der Waals surface area contributed by atoms with Crippen LogP contribution in [0.4, 0.5) is 0 Å². The minimum atomic E-state index is -4.20. The van der Waals surface area contributed by atoms with Crippen molar-refractivity contribution in [2.24, 2.45) is 11.3 Å². The molecule has 0 amide bonds. The van der Waals surface area contributed by atoms with Crippen LogP contribution in [0.15, 0.2) is 54.6 Å². The van der Waals surface area contributed by atoms with Gasteiger partial charge in [-0.1, -0.05) is 95.6 Å². The lowest BCUT2D eigenvalue weighted by molar-refractivity contribution is 0.181. The van der Waals surface area contributed by atoms with Gasteiger partial charge in [-0.25, -0.2) is 0 Å². The van der Waals surface area contributed by atoms with E-state index in [0.717, 1.165) is 25.7 Å². The predicted octanol–water partition coefficient (Wildman–Crippen LogP) is 8.80. The van der Waals surface area contributed by atoms with Gasteiger partial charge in [-0.3, -0.25) is 4.57 Å². The highest BCUT2D eigenvalue weighted by Gasteiger charge is 2.46. The molecule has 2 aromatic carbocycles. The second kappa shape index (κ2) is 10.5. The van der Waals surface area contributed by atoms with Crippen LogP contribution in [-0.2, 0) is 9.98 Å². The van der Waals surface area contributed by atoms with E-state index in [1.807, 2.05) is 0 Å². The topological polar surface area (TPSA) is 57.5 Å². The fraction of sp³-hybridized carbons (Fsp3) is 0.613. The summed E-state index contributed by atoms with van der Waals surface area (Å²) in [7, 11) is -4.20. The normalized spacial score (nSPS) is 22.9. The lowest BCUT2D eigenvalue weighted by Crippen LogP contribution is -2.37. The van der Waals surface area contributed by atoms with E-state index in [0.29, 0.717) is 24.2 Å². The van der Waals surface area contributed by atoms with Crippen molar-refractivity contribution in [3.63, 3.8) is 0 Å². The molecule has 0 saturated heterocycles. The zero-order chi connectivity index (χ0) is 26.1. The summed E-state index contributed by atoms with van der Waals surface area (Å²) in [5.74, 6) is 1.59. The molecule has 2 N–H and O–H groups in total. The van der Waals surface area contributed by atoms with Gasteiger partial charge >= 0.3 is 7.60 Å². The molecule has 0 spiro atoms. The van der Waals surface area contributed by atoms with Gasteiger partial charge in [0.1, 0.15) is 0 Å². The molecule has 194 valence electrons. The van der Waals surface area contributed by atoms with Crippen LogP contribution in [0.2, 0.25) is 0 Å². The van der Waals surface area contributed by atoms with Crippen LogP contribution in [0.25, 0.3) is 0 Å². The van der Waals surface area contributed by atoms with Crippen molar-refractivity contribution in [3.05, 3.63) is 71.3 Å². The van der Waals surface area contributed by atoms with Crippen molar-refractivity contribution in [2.45, 2.75) is 109 Å². The van der Waals surface area contributed by atoms with Crippen molar-refractivity contribution < 1.29 is 14.4 Å². The van der Waals surface area contributed by atoms with Crippen LogP contribution in [0.3, 0.4) is 0 Å². The first-order valence-corrected chi connectivity index (χ1v) is 15.0. The Kier molecular flexibility index (Phi) is 8.47. The van der Waals surface area contributed by atoms with Crippen molar-refractivity contribution in [2.75, 3.05) is 0 Å². The van der Waals surface area contributed by atoms with Gasteiger partial charge in [0.15, 0.2) is 0 Å². The molecule has 0 bridgehead atoms. The number of hydrogen-bond acceptors (Lipinski definition) is 1. The summed E-state index contributed by atoms with van der Waals surface area (Å²) >= 11 is 0. The quantitative estimate of drug-likeness (QED) is 0.322. The average molecular weight is 499 g/mol. The molecule has 1 aliphatic carbocycles. The molecule has 3 nitrogen and oxygen atoms in total. The molecule has 4 unspecified atom stereocenters. The van der Waals surface area contributed by atoms with Gasteiger partial charge < -0.3 is 9.79 Å². The largest absolute Gasteiger partial charge is 0.331 e. The van der Waals surface area contributed by atoms with Crippen molar-refractivity contribution >= 4 is 7.60 Å². The Morgan fingerprint density at radius 3 is 2.23 bits per heavy atom. The van der Waals surface area contributed by atoms with Gasteiger partial charge in [-0.2, -0.15) is 0 Å². The van der Waals surface area contributed by atoms with Crippen LogP contribution >= 0.6 is 7.60 Å². The number of benzene rings is 2. The van der Waals surface area contributed by atoms with Crippen molar-refractivity contribution in [1.82, 2.24) is 0 Å². The van der Waals surface area contributed by atoms with Crippen molar-refractivity contribution in [3.8, 4) is 0 Å². The number of fused-ring (bicyclic) bond motifs is 1. The third kappa shape index (κ3) is 6.30. The van der Waals surface area contributed by atoms with Gasteiger partial charge in [0.25, 0.3) is 0 Å². The molecule has 35 heavy (non-hydrogen) atoms. The Morgan fingerprint density at radius 2 is 1.63 bits per heavy atom. The smallest absolute Gasteiger partial charge is 0.324 e. The van der Waals surface area contributed by atoms with Crippen LogP contribution in [0.5, 0.6) is 0 Å². The van der Waals surface area contributed by atoms with E-state index in [9.17, 15) is 14.4 Å². The highest BCUT2D eigenvalue weighted by Crippen LogP contribution is 2.58. The van der Waals surface area contributed by atoms with Crippen LogP contribution in [0.1, 0.15) is 116 Å². The van der Waals surface area contributed by atoms with Gasteiger partial charge in [-0.05, 0) is 91.2 Å². The second-order valence-corrected chi connectivity index (χ2v) is 15.1. The van der Waals surface area contributed by atoms with Gasteiger partial charge in [0, 0.05) is 0 Å². The summed E-state index contributed by atoms with van der Waals surface area (Å²) in [6, 6.07) is 19.7. The van der Waals surface area contributed by atoms with Gasteiger partial charge in [0.2, 0.25) is 0 Å². The van der Waals surface area contributed by atoms with Crippen molar-refractivity contribution in [1.29, 1.82) is 0 Å². The molecule has 2 aromatic rings. The van der Waals surface area contributed by atoms with Gasteiger partial charge in [-0.15, -0.1) is 0 Å². The van der Waals surface area contributed by atoms with Crippen LogP contribution in [-0.4, -0.2) is 14.9 Å². The van der Waals surface area contributed by atoms with E-state index in [4.69, 9.17) is 0 Å². The first-order chi connectivity index (χ1) is 16.2. The first kappa shape index (κ1) is 28.2. The zero-order valence-electron chi connectivity index (χ0n) is 22.9. The Morgan fingerprint density at radius 1 is 1.03 bits per heavy atom. The molecule has 4 heteroatoms. The summed E-state index contributed by atoms with van der Waals surface area (Å²) in [5, 5.41) is -1.05. The monoisotopic (exact) mass is 498 g/mol. The van der Waals surface area contributed by atoms with Crippen LogP contribution < -0.4 is 0 Å². The molecule has 1 aliphatic rings. The number of rotatable bonds is 10. The SMILES string of the molecule is CCC(C)C(C)(C)CC(CC1CCC(C)(CC(C)(C)P(=O)(O)O)c2ccccc21)c1ccccc1. The Labute approximate surface area is 213 Å². The van der Waals surface area contributed by atoms with E-state index in [-0.39, 0.29) is 10.8 Å². The first-order valence-electron chi connectivity index (χ1n) is 13.4. The average Bonchev–Trinajstić information content (AvgIpc) is 2.79. The van der Waals surface area contributed by atoms with E-state index >= 15 is 0 Å². The highest BCUT2D eigenvalue weighted by molar-refractivity contribution is 7.53. The molecule has 3 rings (SSSR count). The molecular weight excluding hydrogens is 451 g/mol. The predicted molar refractivity (Wildman–Crippen MR) is 148 cm³/mol. The van der Waals surface area contributed by atoms with Crippen LogP contribution in [0, 0.1) is 11.3 Å². The molecule has 0 saturated carbocycles. The Bertz CT molecular complexity index is 1020. The summed E-state index contributed by atoms with van der Waals surface area (Å²) in [4.78, 5) is 20.0. The molecule has 0 heterocycles. The van der Waals surface area contributed by atoms with E-state index in [1.165, 1.54) is 23.1 Å². The zero-order valence-corrected chi connectivity index (χ0v) is 23.8. The second-order valence-electron chi connectivity index (χ2n) is 12.8. The molecule has 0 fully saturated rings. The molecule has 4 atom stereocenters. The summed E-state index contributed by atoms with van der Waals surface area (Å²) < 4.78 is 12.3. The minimum absolute atomic E-state index is 0.240. The maximum Gasteiger partial charge on any atom is 0.331 e. The highest BCUT2D eigenvalue weighted by atomic mass is 31.2.